The summed E-state index contributed by atoms with van der Waals surface area (Å²) in [6.07, 6.45) is 4.41. The van der Waals surface area contributed by atoms with Crippen LogP contribution >= 0.6 is 0 Å². The number of hydrogen-bond donors (Lipinski definition) is 2. The van der Waals surface area contributed by atoms with Crippen LogP contribution < -0.4 is 5.32 Å². The van der Waals surface area contributed by atoms with Crippen LogP contribution in [0, 0.1) is 5.92 Å². The highest BCUT2D eigenvalue weighted by Gasteiger charge is 2.23. The van der Waals surface area contributed by atoms with E-state index >= 15 is 0 Å². The molecule has 2 rings (SSSR count). The Bertz CT molecular complexity index is 515. The first-order chi connectivity index (χ1) is 10.1. The van der Waals surface area contributed by atoms with Crippen molar-refractivity contribution < 1.29 is 19.4 Å². The highest BCUT2D eigenvalue weighted by atomic mass is 16.5. The second-order valence-corrected chi connectivity index (χ2v) is 5.53. The normalized spacial score (nSPS) is 21.6. The van der Waals surface area contributed by atoms with E-state index in [9.17, 15) is 14.7 Å². The Hall–Kier alpha value is -2.04. The molecule has 0 heterocycles. The Kier molecular flexibility index (Phi) is 5.20. The lowest BCUT2D eigenvalue weighted by molar-refractivity contribution is -0.125. The molecule has 0 spiro atoms. The monoisotopic (exact) mass is 291 g/mol. The van der Waals surface area contributed by atoms with Gasteiger partial charge in [0.1, 0.15) is 11.3 Å². The van der Waals surface area contributed by atoms with Gasteiger partial charge in [-0.25, -0.2) is 4.79 Å². The average molecular weight is 291 g/mol. The first-order valence-corrected chi connectivity index (χ1v) is 7.32. The van der Waals surface area contributed by atoms with Gasteiger partial charge in [0.2, 0.25) is 0 Å². The van der Waals surface area contributed by atoms with Gasteiger partial charge in [0, 0.05) is 6.04 Å². The standard InChI is InChI=1S/C16H21NO4/c1-11-6-2-4-8-13(11)17-15(19)10-21-16(20)12-7-3-5-9-14(12)18/h3,5,7,9,11,13,18H,2,4,6,8,10H2,1H3,(H,17,19)/t11-,13+/m0/s1. The number of esters is 1. The molecule has 0 aliphatic heterocycles. The number of ether oxygens (including phenoxy) is 1. The Morgan fingerprint density at radius 1 is 1.29 bits per heavy atom. The Balaban J connectivity index is 1.81. The van der Waals surface area contributed by atoms with Crippen molar-refractivity contribution in [3.05, 3.63) is 29.8 Å². The fourth-order valence-corrected chi connectivity index (χ4v) is 2.63. The van der Waals surface area contributed by atoms with Crippen molar-refractivity contribution in [1.82, 2.24) is 5.32 Å². The zero-order valence-electron chi connectivity index (χ0n) is 12.2. The van der Waals surface area contributed by atoms with E-state index in [-0.39, 0.29) is 29.9 Å². The summed E-state index contributed by atoms with van der Waals surface area (Å²) in [6.45, 7) is 1.80. The van der Waals surface area contributed by atoms with Crippen LogP contribution in [0.5, 0.6) is 5.75 Å². The van der Waals surface area contributed by atoms with Crippen LogP contribution in [-0.2, 0) is 9.53 Å². The zero-order chi connectivity index (χ0) is 15.2. The molecule has 2 atom stereocenters. The number of hydrogen-bond acceptors (Lipinski definition) is 4. The molecule has 5 nitrogen and oxygen atoms in total. The Morgan fingerprint density at radius 3 is 2.71 bits per heavy atom. The van der Waals surface area contributed by atoms with Crippen molar-refractivity contribution in [3.8, 4) is 5.75 Å². The maximum atomic E-state index is 11.8. The predicted molar refractivity (Wildman–Crippen MR) is 78.0 cm³/mol. The summed E-state index contributed by atoms with van der Waals surface area (Å²) >= 11 is 0. The number of nitrogens with one attached hydrogen (secondary N) is 1. The van der Waals surface area contributed by atoms with Crippen LogP contribution in [0.25, 0.3) is 0 Å². The number of phenolic OH excluding ortho intramolecular Hbond substituents is 1. The molecule has 1 amide bonds. The highest BCUT2D eigenvalue weighted by Crippen LogP contribution is 2.23. The number of rotatable bonds is 4. The summed E-state index contributed by atoms with van der Waals surface area (Å²) in [5, 5.41) is 12.5. The largest absolute Gasteiger partial charge is 0.507 e. The second-order valence-electron chi connectivity index (χ2n) is 5.53. The third-order valence-electron chi connectivity index (χ3n) is 3.92. The summed E-state index contributed by atoms with van der Waals surface area (Å²) in [7, 11) is 0. The van der Waals surface area contributed by atoms with Gasteiger partial charge in [-0.2, -0.15) is 0 Å². The van der Waals surface area contributed by atoms with E-state index in [2.05, 4.69) is 12.2 Å². The van der Waals surface area contributed by atoms with Crippen LogP contribution in [0.15, 0.2) is 24.3 Å². The van der Waals surface area contributed by atoms with Gasteiger partial charge in [0.25, 0.3) is 5.91 Å². The minimum Gasteiger partial charge on any atom is -0.507 e. The van der Waals surface area contributed by atoms with Crippen molar-refractivity contribution in [2.24, 2.45) is 5.92 Å². The lowest BCUT2D eigenvalue weighted by Gasteiger charge is -2.29. The molecule has 0 saturated heterocycles. The molecule has 1 aromatic rings. The molecule has 5 heteroatoms. The number of phenols is 1. The molecule has 1 aromatic carbocycles. The lowest BCUT2D eigenvalue weighted by Crippen LogP contribution is -2.42. The summed E-state index contributed by atoms with van der Waals surface area (Å²) in [4.78, 5) is 23.6. The van der Waals surface area contributed by atoms with Crippen LogP contribution in [0.4, 0.5) is 0 Å². The maximum Gasteiger partial charge on any atom is 0.342 e. The number of carbonyl (C=O) groups is 2. The molecule has 1 aliphatic carbocycles. The lowest BCUT2D eigenvalue weighted by atomic mass is 9.86. The van der Waals surface area contributed by atoms with E-state index in [1.54, 1.807) is 12.1 Å². The van der Waals surface area contributed by atoms with Gasteiger partial charge in [-0.3, -0.25) is 4.79 Å². The first-order valence-electron chi connectivity index (χ1n) is 7.32. The molecule has 1 aliphatic rings. The van der Waals surface area contributed by atoms with Gasteiger partial charge >= 0.3 is 5.97 Å². The summed E-state index contributed by atoms with van der Waals surface area (Å²) in [5.74, 6) is -0.683. The molecule has 114 valence electrons. The molecular weight excluding hydrogens is 270 g/mol. The average Bonchev–Trinajstić information content (AvgIpc) is 2.48. The molecule has 0 radical (unpaired) electrons. The highest BCUT2D eigenvalue weighted by molar-refractivity contribution is 5.93. The Morgan fingerprint density at radius 2 is 2.00 bits per heavy atom. The first kappa shape index (κ1) is 15.4. The van der Waals surface area contributed by atoms with Crippen molar-refractivity contribution in [2.45, 2.75) is 38.6 Å². The van der Waals surface area contributed by atoms with Crippen molar-refractivity contribution in [2.75, 3.05) is 6.61 Å². The number of benzene rings is 1. The smallest absolute Gasteiger partial charge is 0.342 e. The topological polar surface area (TPSA) is 75.6 Å². The predicted octanol–water partition coefficient (Wildman–Crippen LogP) is 2.24. The SMILES string of the molecule is C[C@H]1CCCC[C@H]1NC(=O)COC(=O)c1ccccc1O. The van der Waals surface area contributed by atoms with E-state index in [1.807, 2.05) is 0 Å². The third-order valence-corrected chi connectivity index (χ3v) is 3.92. The number of para-hydroxylation sites is 1. The van der Waals surface area contributed by atoms with Crippen LogP contribution in [-0.4, -0.2) is 29.6 Å². The molecule has 21 heavy (non-hydrogen) atoms. The zero-order valence-corrected chi connectivity index (χ0v) is 12.2. The third kappa shape index (κ3) is 4.21. The minimum absolute atomic E-state index is 0.0661. The van der Waals surface area contributed by atoms with Crippen LogP contribution in [0.1, 0.15) is 43.0 Å². The fraction of sp³-hybridized carbons (Fsp3) is 0.500. The quantitative estimate of drug-likeness (QED) is 0.834. The number of carbonyl (C=O) groups excluding carboxylic acids is 2. The number of aromatic hydroxyl groups is 1. The van der Waals surface area contributed by atoms with Gasteiger partial charge in [-0.1, -0.05) is 31.9 Å². The maximum absolute atomic E-state index is 11.8. The van der Waals surface area contributed by atoms with Crippen LogP contribution in [0.2, 0.25) is 0 Å². The molecule has 0 unspecified atom stereocenters. The van der Waals surface area contributed by atoms with Crippen molar-refractivity contribution >= 4 is 11.9 Å². The molecule has 2 N–H and O–H groups in total. The minimum atomic E-state index is -0.694. The van der Waals surface area contributed by atoms with E-state index in [1.165, 1.54) is 18.6 Å². The molecule has 0 aromatic heterocycles. The van der Waals surface area contributed by atoms with Gasteiger partial charge in [0.15, 0.2) is 6.61 Å². The van der Waals surface area contributed by atoms with Gasteiger partial charge in [-0.15, -0.1) is 0 Å². The summed E-state index contributed by atoms with van der Waals surface area (Å²) in [5.41, 5.74) is 0.0661. The second kappa shape index (κ2) is 7.11. The van der Waals surface area contributed by atoms with E-state index < -0.39 is 5.97 Å². The van der Waals surface area contributed by atoms with E-state index in [4.69, 9.17) is 4.74 Å². The van der Waals surface area contributed by atoms with Gasteiger partial charge in [0.05, 0.1) is 0 Å². The van der Waals surface area contributed by atoms with Crippen LogP contribution in [0.3, 0.4) is 0 Å². The molecule has 1 saturated carbocycles. The fourth-order valence-electron chi connectivity index (χ4n) is 2.63. The van der Waals surface area contributed by atoms with E-state index in [0.717, 1.165) is 19.3 Å². The molecule has 1 fully saturated rings. The van der Waals surface area contributed by atoms with Gasteiger partial charge in [-0.05, 0) is 30.9 Å². The molecule has 0 bridgehead atoms. The summed E-state index contributed by atoms with van der Waals surface area (Å²) in [6, 6.07) is 6.26. The number of amides is 1. The van der Waals surface area contributed by atoms with Gasteiger partial charge < -0.3 is 15.2 Å². The van der Waals surface area contributed by atoms with Crippen molar-refractivity contribution in [1.29, 1.82) is 0 Å². The van der Waals surface area contributed by atoms with E-state index in [0.29, 0.717) is 5.92 Å². The summed E-state index contributed by atoms with van der Waals surface area (Å²) < 4.78 is 4.94. The van der Waals surface area contributed by atoms with Crippen molar-refractivity contribution in [3.63, 3.8) is 0 Å². The Labute approximate surface area is 124 Å². The molecular formula is C16H21NO4.